The van der Waals surface area contributed by atoms with Gasteiger partial charge in [-0.1, -0.05) is 18.2 Å². The Morgan fingerprint density at radius 1 is 1.11 bits per heavy atom. The molecule has 2 rings (SSSR count). The first-order chi connectivity index (χ1) is 12.9. The topological polar surface area (TPSA) is 114 Å². The number of nitrogens with one attached hydrogen (secondary N) is 2. The van der Waals surface area contributed by atoms with Crippen molar-refractivity contribution in [2.45, 2.75) is 25.9 Å². The third-order valence-electron chi connectivity index (χ3n) is 4.21. The molecule has 9 heteroatoms. The normalized spacial score (nSPS) is 15.4. The first kappa shape index (κ1) is 20.2. The number of carbonyl (C=O) groups excluding carboxylic acids is 4. The molecule has 0 spiro atoms. The Morgan fingerprint density at radius 2 is 1.74 bits per heavy atom. The number of para-hydroxylation sites is 1. The monoisotopic (exact) mass is 377 g/mol. The highest BCUT2D eigenvalue weighted by Gasteiger charge is 2.30. The van der Waals surface area contributed by atoms with E-state index in [9.17, 15) is 19.2 Å². The number of urea groups is 1. The Labute approximate surface area is 157 Å². The van der Waals surface area contributed by atoms with Gasteiger partial charge in [-0.15, -0.1) is 0 Å². The van der Waals surface area contributed by atoms with Crippen LogP contribution in [0.15, 0.2) is 30.3 Å². The van der Waals surface area contributed by atoms with Crippen LogP contribution in [0.25, 0.3) is 0 Å². The first-order valence-electron chi connectivity index (χ1n) is 8.61. The van der Waals surface area contributed by atoms with Crippen molar-refractivity contribution in [2.75, 3.05) is 25.5 Å². The van der Waals surface area contributed by atoms with Crippen LogP contribution in [0.1, 0.15) is 19.8 Å². The number of rotatable bonds is 4. The van der Waals surface area contributed by atoms with Crippen molar-refractivity contribution in [1.29, 1.82) is 0 Å². The summed E-state index contributed by atoms with van der Waals surface area (Å²) >= 11 is 0. The summed E-state index contributed by atoms with van der Waals surface area (Å²) in [7, 11) is 1.13. The van der Waals surface area contributed by atoms with E-state index in [1.54, 1.807) is 17.0 Å². The number of methoxy groups -OCH3 is 1. The number of hydrogen-bond acceptors (Lipinski definition) is 6. The van der Waals surface area contributed by atoms with E-state index in [0.29, 0.717) is 31.6 Å². The molecule has 0 bridgehead atoms. The van der Waals surface area contributed by atoms with Gasteiger partial charge in [0.1, 0.15) is 0 Å². The van der Waals surface area contributed by atoms with Crippen molar-refractivity contribution >= 4 is 29.7 Å². The van der Waals surface area contributed by atoms with Crippen LogP contribution in [-0.4, -0.2) is 55.2 Å². The second-order valence-corrected chi connectivity index (χ2v) is 6.12. The maximum atomic E-state index is 12.2. The van der Waals surface area contributed by atoms with E-state index >= 15 is 0 Å². The molecule has 27 heavy (non-hydrogen) atoms. The van der Waals surface area contributed by atoms with Gasteiger partial charge in [0.25, 0.3) is 5.91 Å². The summed E-state index contributed by atoms with van der Waals surface area (Å²) in [4.78, 5) is 48.8. The lowest BCUT2D eigenvalue weighted by atomic mass is 9.97. The standard InChI is InChI=1S/C18H23N3O6/c1-12(15(22)20-18(25)26-2)27-16(23)13-8-10-21(11-9-13)17(24)19-14-6-4-3-5-7-14/h3-7,12-13H,8-11H2,1-2H3,(H,19,24)(H,20,22,25)/t12-/m0/s1. The maximum absolute atomic E-state index is 12.2. The fourth-order valence-corrected chi connectivity index (χ4v) is 2.62. The van der Waals surface area contributed by atoms with Crippen LogP contribution in [0.2, 0.25) is 0 Å². The zero-order chi connectivity index (χ0) is 19.8. The van der Waals surface area contributed by atoms with Gasteiger partial charge in [-0.25, -0.2) is 9.59 Å². The van der Waals surface area contributed by atoms with Crippen molar-refractivity contribution in [3.05, 3.63) is 30.3 Å². The second kappa shape index (κ2) is 9.56. The van der Waals surface area contributed by atoms with Gasteiger partial charge in [-0.3, -0.25) is 14.9 Å². The van der Waals surface area contributed by atoms with Gasteiger partial charge in [0.15, 0.2) is 6.10 Å². The number of ether oxygens (including phenoxy) is 2. The summed E-state index contributed by atoms with van der Waals surface area (Å²) in [5.41, 5.74) is 0.703. The fourth-order valence-electron chi connectivity index (χ4n) is 2.62. The molecule has 0 aliphatic carbocycles. The van der Waals surface area contributed by atoms with Gasteiger partial charge < -0.3 is 19.7 Å². The van der Waals surface area contributed by atoms with Gasteiger partial charge in [-0.2, -0.15) is 0 Å². The molecule has 9 nitrogen and oxygen atoms in total. The van der Waals surface area contributed by atoms with Gasteiger partial charge in [0.2, 0.25) is 0 Å². The molecule has 1 fully saturated rings. The minimum Gasteiger partial charge on any atom is -0.453 e. The Kier molecular flexibility index (Phi) is 7.16. The van der Waals surface area contributed by atoms with E-state index in [4.69, 9.17) is 4.74 Å². The maximum Gasteiger partial charge on any atom is 0.413 e. The van der Waals surface area contributed by atoms with Crippen LogP contribution >= 0.6 is 0 Å². The molecule has 1 saturated heterocycles. The van der Waals surface area contributed by atoms with Crippen molar-refractivity contribution in [3.8, 4) is 0 Å². The lowest BCUT2D eigenvalue weighted by molar-refractivity contribution is -0.159. The molecular weight excluding hydrogens is 354 g/mol. The first-order valence-corrected chi connectivity index (χ1v) is 8.61. The van der Waals surface area contributed by atoms with Crippen LogP contribution in [-0.2, 0) is 19.1 Å². The molecule has 0 aromatic heterocycles. The van der Waals surface area contributed by atoms with Gasteiger partial charge in [0, 0.05) is 18.8 Å². The largest absolute Gasteiger partial charge is 0.453 e. The molecule has 4 amide bonds. The molecule has 1 heterocycles. The number of piperidine rings is 1. The molecule has 146 valence electrons. The fraction of sp³-hybridized carbons (Fsp3) is 0.444. The van der Waals surface area contributed by atoms with Crippen LogP contribution in [0, 0.1) is 5.92 Å². The van der Waals surface area contributed by atoms with E-state index < -0.39 is 30.0 Å². The third kappa shape index (κ3) is 5.98. The zero-order valence-electron chi connectivity index (χ0n) is 15.3. The molecule has 0 radical (unpaired) electrons. The Morgan fingerprint density at radius 3 is 2.33 bits per heavy atom. The molecule has 0 saturated carbocycles. The summed E-state index contributed by atoms with van der Waals surface area (Å²) in [6, 6.07) is 8.88. The average Bonchev–Trinajstić information content (AvgIpc) is 2.68. The van der Waals surface area contributed by atoms with Crippen molar-refractivity contribution < 1.29 is 28.7 Å². The highest BCUT2D eigenvalue weighted by atomic mass is 16.6. The predicted molar refractivity (Wildman–Crippen MR) is 95.9 cm³/mol. The number of nitrogens with zero attached hydrogens (tertiary/aromatic N) is 1. The van der Waals surface area contributed by atoms with Crippen molar-refractivity contribution in [1.82, 2.24) is 10.2 Å². The van der Waals surface area contributed by atoms with E-state index in [-0.39, 0.29) is 6.03 Å². The number of anilines is 1. The average molecular weight is 377 g/mol. The SMILES string of the molecule is COC(=O)NC(=O)[C@H](C)OC(=O)C1CCN(C(=O)Nc2ccccc2)CC1. The Hall–Kier alpha value is -3.10. The van der Waals surface area contributed by atoms with Crippen LogP contribution < -0.4 is 10.6 Å². The third-order valence-corrected chi connectivity index (χ3v) is 4.21. The predicted octanol–water partition coefficient (Wildman–Crippen LogP) is 1.74. The van der Waals surface area contributed by atoms with E-state index in [0.717, 1.165) is 7.11 Å². The molecule has 1 atom stereocenters. The zero-order valence-corrected chi connectivity index (χ0v) is 15.3. The summed E-state index contributed by atoms with van der Waals surface area (Å²) in [5, 5.41) is 4.74. The number of esters is 1. The summed E-state index contributed by atoms with van der Waals surface area (Å²) in [6.45, 7) is 2.18. The summed E-state index contributed by atoms with van der Waals surface area (Å²) < 4.78 is 9.42. The van der Waals surface area contributed by atoms with Crippen molar-refractivity contribution in [3.63, 3.8) is 0 Å². The highest BCUT2D eigenvalue weighted by Crippen LogP contribution is 2.20. The molecule has 1 aliphatic heterocycles. The number of alkyl carbamates (subject to hydrolysis) is 1. The minimum absolute atomic E-state index is 0.223. The smallest absolute Gasteiger partial charge is 0.413 e. The molecule has 1 aromatic rings. The van der Waals surface area contributed by atoms with Crippen LogP contribution in [0.3, 0.4) is 0 Å². The minimum atomic E-state index is -1.11. The number of amides is 4. The van der Waals surface area contributed by atoms with Gasteiger partial charge >= 0.3 is 18.1 Å². The van der Waals surface area contributed by atoms with Gasteiger partial charge in [-0.05, 0) is 31.9 Å². The molecule has 1 aliphatic rings. The van der Waals surface area contributed by atoms with Crippen LogP contribution in [0.4, 0.5) is 15.3 Å². The molecule has 1 aromatic carbocycles. The molecule has 2 N–H and O–H groups in total. The number of hydrogen-bond donors (Lipinski definition) is 2. The Balaban J connectivity index is 1.77. The summed E-state index contributed by atoms with van der Waals surface area (Å²) in [5.74, 6) is -1.68. The lowest BCUT2D eigenvalue weighted by Gasteiger charge is -2.31. The second-order valence-electron chi connectivity index (χ2n) is 6.12. The molecular formula is C18H23N3O6. The number of likely N-dealkylation sites (tertiary alicyclic amines) is 1. The Bertz CT molecular complexity index is 686. The lowest BCUT2D eigenvalue weighted by Crippen LogP contribution is -2.44. The highest BCUT2D eigenvalue weighted by molar-refractivity contribution is 5.95. The quantitative estimate of drug-likeness (QED) is 0.773. The van der Waals surface area contributed by atoms with E-state index in [1.165, 1.54) is 6.92 Å². The van der Waals surface area contributed by atoms with Gasteiger partial charge in [0.05, 0.1) is 13.0 Å². The number of imide groups is 1. The number of benzene rings is 1. The molecule has 0 unspecified atom stereocenters. The number of carbonyl (C=O) groups is 4. The van der Waals surface area contributed by atoms with Crippen LogP contribution in [0.5, 0.6) is 0 Å². The van der Waals surface area contributed by atoms with Crippen molar-refractivity contribution in [2.24, 2.45) is 5.92 Å². The van der Waals surface area contributed by atoms with E-state index in [1.807, 2.05) is 23.5 Å². The summed E-state index contributed by atoms with van der Waals surface area (Å²) in [6.07, 6.45) is -1.16. The van der Waals surface area contributed by atoms with E-state index in [2.05, 4.69) is 10.1 Å².